The molecule has 12 nitrogen and oxygen atoms in total. The summed E-state index contributed by atoms with van der Waals surface area (Å²) in [7, 11) is 0. The molecule has 7 N–H and O–H groups in total. The first-order valence-electron chi connectivity index (χ1n) is 12.5. The van der Waals surface area contributed by atoms with Gasteiger partial charge in [0.05, 0.1) is 11.5 Å². The maximum absolute atomic E-state index is 13.2. The highest BCUT2D eigenvalue weighted by Gasteiger charge is 3.10. The third-order valence-electron chi connectivity index (χ3n) is 11.2. The molecular weight excluding hydrogens is 490 g/mol. The van der Waals surface area contributed by atoms with Gasteiger partial charge in [0.15, 0.2) is 17.5 Å². The number of aliphatic hydroxyl groups excluding tert-OH is 1. The second-order valence-electron chi connectivity index (χ2n) is 12.3. The molecule has 0 radical (unpaired) electrons. The first-order valence-corrected chi connectivity index (χ1v) is 12.5. The fraction of sp³-hybridized carbons (Fsp3) is 0.800. The molecule has 2 heterocycles. The molecule has 0 aromatic carbocycles. The monoisotopic (exact) mass is 525 g/mol. The van der Waals surface area contributed by atoms with E-state index in [2.05, 4.69) is 0 Å². The summed E-state index contributed by atoms with van der Waals surface area (Å²) < 4.78 is 11.8. The molecule has 11 unspecified atom stereocenters. The van der Waals surface area contributed by atoms with Crippen LogP contribution in [0.15, 0.2) is 11.8 Å². The molecule has 6 rings (SSSR count). The zero-order valence-corrected chi connectivity index (χ0v) is 21.4. The number of esters is 1. The molecule has 206 valence electrons. The van der Waals surface area contributed by atoms with Gasteiger partial charge >= 0.3 is 5.97 Å². The number of hydrogen-bond donors (Lipinski definition) is 7. The van der Waals surface area contributed by atoms with E-state index < -0.39 is 86.8 Å². The number of allylic oxidation sites excluding steroid dienone is 1. The lowest BCUT2D eigenvalue weighted by Gasteiger charge is -2.60. The van der Waals surface area contributed by atoms with Crippen LogP contribution < -0.4 is 5.32 Å². The van der Waals surface area contributed by atoms with Gasteiger partial charge in [0.1, 0.15) is 34.4 Å². The van der Waals surface area contributed by atoms with Crippen LogP contribution >= 0.6 is 0 Å². The van der Waals surface area contributed by atoms with E-state index in [9.17, 15) is 45.0 Å². The number of ether oxygens (including phenoxy) is 2. The van der Waals surface area contributed by atoms with E-state index in [1.54, 1.807) is 6.92 Å². The van der Waals surface area contributed by atoms with Crippen LogP contribution in [0.1, 0.15) is 53.9 Å². The lowest BCUT2D eigenvalue weighted by atomic mass is 9.52. The summed E-state index contributed by atoms with van der Waals surface area (Å²) in [6.45, 7) is 7.45. The summed E-state index contributed by atoms with van der Waals surface area (Å²) in [6.07, 6.45) is -2.68. The van der Waals surface area contributed by atoms with Gasteiger partial charge in [0.2, 0.25) is 6.41 Å². The zero-order valence-electron chi connectivity index (χ0n) is 21.4. The van der Waals surface area contributed by atoms with Crippen molar-refractivity contribution in [3.8, 4) is 0 Å². The average Bonchev–Trinajstić information content (AvgIpc) is 3.06. The second kappa shape index (κ2) is 6.98. The maximum atomic E-state index is 13.2. The van der Waals surface area contributed by atoms with Gasteiger partial charge in [0.25, 0.3) is 0 Å². The molecule has 1 spiro atoms. The van der Waals surface area contributed by atoms with Crippen LogP contribution in [0.5, 0.6) is 0 Å². The number of aldehydes is 1. The molecule has 4 aliphatic carbocycles. The van der Waals surface area contributed by atoms with Crippen LogP contribution in [-0.4, -0.2) is 95.3 Å². The fourth-order valence-electron chi connectivity index (χ4n) is 9.41. The Morgan fingerprint density at radius 2 is 1.76 bits per heavy atom. The van der Waals surface area contributed by atoms with Crippen molar-refractivity contribution >= 4 is 18.7 Å². The maximum Gasteiger partial charge on any atom is 0.355 e. The second-order valence-corrected chi connectivity index (χ2v) is 12.3. The highest BCUT2D eigenvalue weighted by molar-refractivity contribution is 5.94. The Hall–Kier alpha value is -1.93. The minimum Gasteiger partial charge on any atom is -0.451 e. The average molecular weight is 526 g/mol. The van der Waals surface area contributed by atoms with Crippen molar-refractivity contribution < 1.29 is 54.5 Å². The smallest absolute Gasteiger partial charge is 0.355 e. The van der Waals surface area contributed by atoms with E-state index in [1.165, 1.54) is 27.7 Å². The summed E-state index contributed by atoms with van der Waals surface area (Å²) in [5, 5.41) is 75.8. The molecule has 6 fully saturated rings. The van der Waals surface area contributed by atoms with E-state index in [-0.39, 0.29) is 19.1 Å². The van der Waals surface area contributed by atoms with Gasteiger partial charge in [-0.05, 0) is 31.6 Å². The van der Waals surface area contributed by atoms with Crippen molar-refractivity contribution in [2.24, 2.45) is 22.7 Å². The number of nitrogens with one attached hydrogen (secondary N) is 1. The predicted octanol–water partition coefficient (Wildman–Crippen LogP) is -2.00. The first-order chi connectivity index (χ1) is 16.9. The number of hydrogen-bond acceptors (Lipinski definition) is 11. The standard InChI is InChI=1S/C25H35NO11/c1-12(2)22(33)17(36-16(30)14(7-9-27)26-11-28)23(34)18(4)10-21(32)19(22,5)25(23,35)24(37-21)15(29)13(3)6-8-20(18,24)31/h7,9,11-13,15,17,29,31-35H,6,8,10H2,1-5H3,(H,26,28)/b14-7-. The molecular formula is C25H35NO11. The molecule has 12 heteroatoms. The Bertz CT molecular complexity index is 1130. The number of aliphatic hydroxyl groups is 6. The first kappa shape index (κ1) is 26.7. The van der Waals surface area contributed by atoms with Gasteiger partial charge in [0, 0.05) is 17.9 Å². The summed E-state index contributed by atoms with van der Waals surface area (Å²) in [5.41, 5.74) is -16.9. The molecule has 0 aromatic rings. The highest BCUT2D eigenvalue weighted by atomic mass is 16.7. The minimum absolute atomic E-state index is 0.0255. The normalized spacial score (nSPS) is 57.4. The molecule has 6 bridgehead atoms. The van der Waals surface area contributed by atoms with Crippen molar-refractivity contribution in [1.82, 2.24) is 5.32 Å². The molecule has 1 amide bonds. The van der Waals surface area contributed by atoms with E-state index in [1.807, 2.05) is 5.32 Å². The molecule has 6 aliphatic rings. The Morgan fingerprint density at radius 1 is 1.14 bits per heavy atom. The van der Waals surface area contributed by atoms with Gasteiger partial charge in [-0.25, -0.2) is 4.79 Å². The molecule has 37 heavy (non-hydrogen) atoms. The van der Waals surface area contributed by atoms with Crippen LogP contribution in [0.25, 0.3) is 0 Å². The van der Waals surface area contributed by atoms with Gasteiger partial charge < -0.3 is 45.4 Å². The van der Waals surface area contributed by atoms with E-state index in [4.69, 9.17) is 9.47 Å². The van der Waals surface area contributed by atoms with Crippen molar-refractivity contribution in [2.45, 2.75) is 99.9 Å². The van der Waals surface area contributed by atoms with Crippen LogP contribution in [0.2, 0.25) is 0 Å². The number of rotatable bonds is 6. The number of carbonyl (C=O) groups is 3. The lowest BCUT2D eigenvalue weighted by Crippen LogP contribution is -2.75. The SMILES string of the molecule is CC1CCC2(O)C3(C)CC4(O)OC2(C1O)C1(O)C3(O)C(OC(=O)/C(=C/C=O)NC=O)C(O)(C(C)C)C41C. The summed E-state index contributed by atoms with van der Waals surface area (Å²) in [5.74, 6) is -5.10. The summed E-state index contributed by atoms with van der Waals surface area (Å²) in [6, 6.07) is 0. The Balaban J connectivity index is 1.84. The Labute approximate surface area is 213 Å². The van der Waals surface area contributed by atoms with Crippen molar-refractivity contribution in [1.29, 1.82) is 0 Å². The van der Waals surface area contributed by atoms with Gasteiger partial charge in [-0.3, -0.25) is 9.59 Å². The zero-order chi connectivity index (χ0) is 27.8. The van der Waals surface area contributed by atoms with Crippen molar-refractivity contribution in [2.75, 3.05) is 0 Å². The van der Waals surface area contributed by atoms with E-state index in [0.29, 0.717) is 12.5 Å². The Morgan fingerprint density at radius 3 is 2.30 bits per heavy atom. The quantitative estimate of drug-likeness (QED) is 0.115. The molecule has 2 aliphatic heterocycles. The highest BCUT2D eigenvalue weighted by Crippen LogP contribution is 2.90. The van der Waals surface area contributed by atoms with Gasteiger partial charge in [-0.2, -0.15) is 0 Å². The van der Waals surface area contributed by atoms with Crippen LogP contribution in [0, 0.1) is 22.7 Å². The minimum atomic E-state index is -2.73. The number of amides is 1. The van der Waals surface area contributed by atoms with Gasteiger partial charge in [-0.1, -0.05) is 27.7 Å². The van der Waals surface area contributed by atoms with Gasteiger partial charge in [-0.15, -0.1) is 0 Å². The fourth-order valence-corrected chi connectivity index (χ4v) is 9.41. The molecule has 2 saturated heterocycles. The molecule has 4 saturated carbocycles. The largest absolute Gasteiger partial charge is 0.451 e. The Kier molecular flexibility index (Phi) is 5.03. The predicted molar refractivity (Wildman–Crippen MR) is 122 cm³/mol. The van der Waals surface area contributed by atoms with Crippen LogP contribution in [0.3, 0.4) is 0 Å². The lowest BCUT2D eigenvalue weighted by molar-refractivity contribution is -0.390. The van der Waals surface area contributed by atoms with Crippen molar-refractivity contribution in [3.63, 3.8) is 0 Å². The van der Waals surface area contributed by atoms with Crippen molar-refractivity contribution in [3.05, 3.63) is 11.8 Å². The summed E-state index contributed by atoms with van der Waals surface area (Å²) >= 11 is 0. The molecule has 11 atom stereocenters. The third-order valence-corrected chi connectivity index (χ3v) is 11.2. The number of carbonyl (C=O) groups excluding carboxylic acids is 3. The topological polar surface area (TPSA) is 203 Å². The van der Waals surface area contributed by atoms with E-state index in [0.717, 1.165) is 0 Å². The van der Waals surface area contributed by atoms with Crippen LogP contribution in [0.4, 0.5) is 0 Å². The van der Waals surface area contributed by atoms with Crippen LogP contribution in [-0.2, 0) is 23.9 Å². The summed E-state index contributed by atoms with van der Waals surface area (Å²) in [4.78, 5) is 35.3. The molecule has 0 aromatic heterocycles. The van der Waals surface area contributed by atoms with E-state index >= 15 is 0 Å². The third kappa shape index (κ3) is 2.07.